The fourth-order valence-corrected chi connectivity index (χ4v) is 1.83. The Labute approximate surface area is 112 Å². The average molecular weight is 308 g/mol. The van der Waals surface area contributed by atoms with Gasteiger partial charge >= 0.3 is 5.97 Å². The van der Waals surface area contributed by atoms with Crippen LogP contribution in [0.4, 0.5) is 0 Å². The van der Waals surface area contributed by atoms with Gasteiger partial charge in [-0.3, -0.25) is 4.79 Å². The standard InChI is InChI=1S/C13H10BrNO3/c14-10-3-1-8(2-4-10)5-12(16)9-6-11(13(17)18)15-7-9/h1-4,6-7,15H,5H2,(H,17,18). The predicted molar refractivity (Wildman–Crippen MR) is 69.9 cm³/mol. The van der Waals surface area contributed by atoms with Gasteiger partial charge in [-0.25, -0.2) is 4.79 Å². The van der Waals surface area contributed by atoms with Gasteiger partial charge in [0.1, 0.15) is 5.69 Å². The van der Waals surface area contributed by atoms with Gasteiger partial charge in [-0.05, 0) is 23.8 Å². The number of carbonyl (C=O) groups excluding carboxylic acids is 1. The molecular formula is C13H10BrNO3. The number of carboxylic acid groups (broad SMARTS) is 1. The number of aromatic carboxylic acids is 1. The molecule has 2 rings (SSSR count). The van der Waals surface area contributed by atoms with Crippen molar-refractivity contribution in [3.05, 3.63) is 57.8 Å². The predicted octanol–water partition coefficient (Wildman–Crippen LogP) is 2.90. The zero-order valence-electron chi connectivity index (χ0n) is 9.31. The molecule has 1 heterocycles. The Balaban J connectivity index is 2.11. The van der Waals surface area contributed by atoms with Crippen molar-refractivity contribution in [3.8, 4) is 0 Å². The number of carboxylic acids is 1. The minimum Gasteiger partial charge on any atom is -0.477 e. The number of Topliss-reactive ketones (excluding diaryl/α,β-unsaturated/α-hetero) is 1. The van der Waals surface area contributed by atoms with E-state index in [9.17, 15) is 9.59 Å². The Bertz CT molecular complexity index is 587. The van der Waals surface area contributed by atoms with Crippen molar-refractivity contribution < 1.29 is 14.7 Å². The van der Waals surface area contributed by atoms with E-state index in [0.717, 1.165) is 10.0 Å². The molecule has 0 saturated carbocycles. The van der Waals surface area contributed by atoms with Crippen molar-refractivity contribution in [3.63, 3.8) is 0 Å². The maximum atomic E-state index is 11.9. The minimum absolute atomic E-state index is 0.0224. The summed E-state index contributed by atoms with van der Waals surface area (Å²) in [4.78, 5) is 25.1. The minimum atomic E-state index is -1.07. The van der Waals surface area contributed by atoms with E-state index in [1.165, 1.54) is 12.3 Å². The summed E-state index contributed by atoms with van der Waals surface area (Å²) in [5.74, 6) is -1.18. The van der Waals surface area contributed by atoms with E-state index in [2.05, 4.69) is 20.9 Å². The molecule has 0 bridgehead atoms. The normalized spacial score (nSPS) is 10.3. The lowest BCUT2D eigenvalue weighted by Gasteiger charge is -1.99. The molecule has 0 atom stereocenters. The van der Waals surface area contributed by atoms with Crippen molar-refractivity contribution in [2.24, 2.45) is 0 Å². The first kappa shape index (κ1) is 12.6. The highest BCUT2D eigenvalue weighted by Gasteiger charge is 2.12. The number of hydrogen-bond acceptors (Lipinski definition) is 2. The lowest BCUT2D eigenvalue weighted by Crippen LogP contribution is -2.02. The van der Waals surface area contributed by atoms with Gasteiger partial charge in [0, 0.05) is 22.7 Å². The van der Waals surface area contributed by atoms with Crippen molar-refractivity contribution >= 4 is 27.7 Å². The third-order valence-electron chi connectivity index (χ3n) is 2.51. The second-order valence-electron chi connectivity index (χ2n) is 3.83. The van der Waals surface area contributed by atoms with Crippen molar-refractivity contribution in [1.29, 1.82) is 0 Å². The Morgan fingerprint density at radius 3 is 2.44 bits per heavy atom. The summed E-state index contributed by atoms with van der Waals surface area (Å²) >= 11 is 3.32. The smallest absolute Gasteiger partial charge is 0.352 e. The number of rotatable bonds is 4. The Morgan fingerprint density at radius 1 is 1.22 bits per heavy atom. The average Bonchev–Trinajstić information content (AvgIpc) is 2.81. The summed E-state index contributed by atoms with van der Waals surface area (Å²) in [7, 11) is 0. The highest BCUT2D eigenvalue weighted by atomic mass is 79.9. The molecular weight excluding hydrogens is 298 g/mol. The maximum Gasteiger partial charge on any atom is 0.352 e. The fourth-order valence-electron chi connectivity index (χ4n) is 1.57. The van der Waals surface area contributed by atoms with Gasteiger partial charge in [0.15, 0.2) is 5.78 Å². The zero-order chi connectivity index (χ0) is 13.1. The van der Waals surface area contributed by atoms with E-state index < -0.39 is 5.97 Å². The molecule has 0 unspecified atom stereocenters. The Kier molecular flexibility index (Phi) is 3.62. The third kappa shape index (κ3) is 2.87. The molecule has 2 N–H and O–H groups in total. The van der Waals surface area contributed by atoms with Crippen molar-refractivity contribution in [2.45, 2.75) is 6.42 Å². The van der Waals surface area contributed by atoms with Crippen LogP contribution in [0.1, 0.15) is 26.4 Å². The van der Waals surface area contributed by atoms with Gasteiger partial charge in [-0.15, -0.1) is 0 Å². The summed E-state index contributed by atoms with van der Waals surface area (Å²) in [6.07, 6.45) is 1.68. The molecule has 0 radical (unpaired) electrons. The molecule has 0 aliphatic heterocycles. The van der Waals surface area contributed by atoms with E-state index in [-0.39, 0.29) is 17.9 Å². The van der Waals surface area contributed by atoms with Gasteiger partial charge in [0.2, 0.25) is 0 Å². The molecule has 5 heteroatoms. The van der Waals surface area contributed by atoms with E-state index >= 15 is 0 Å². The number of nitrogens with one attached hydrogen (secondary N) is 1. The van der Waals surface area contributed by atoms with Crippen LogP contribution in [0, 0.1) is 0 Å². The molecule has 0 fully saturated rings. The van der Waals surface area contributed by atoms with Gasteiger partial charge in [-0.1, -0.05) is 28.1 Å². The first-order valence-electron chi connectivity index (χ1n) is 5.25. The zero-order valence-corrected chi connectivity index (χ0v) is 10.9. The van der Waals surface area contributed by atoms with E-state index in [1.807, 2.05) is 24.3 Å². The monoisotopic (exact) mass is 307 g/mol. The summed E-state index contributed by atoms with van der Waals surface area (Å²) in [6.45, 7) is 0. The van der Waals surface area contributed by atoms with E-state index in [1.54, 1.807) is 0 Å². The quantitative estimate of drug-likeness (QED) is 0.853. The van der Waals surface area contributed by atoms with Gasteiger partial charge < -0.3 is 10.1 Å². The number of aromatic nitrogens is 1. The van der Waals surface area contributed by atoms with E-state index in [0.29, 0.717) is 5.56 Å². The van der Waals surface area contributed by atoms with Crippen LogP contribution in [0.3, 0.4) is 0 Å². The van der Waals surface area contributed by atoms with Crippen LogP contribution in [0.2, 0.25) is 0 Å². The summed E-state index contributed by atoms with van der Waals surface area (Å²) in [6, 6.07) is 8.79. The first-order chi connectivity index (χ1) is 8.56. The molecule has 4 nitrogen and oxygen atoms in total. The fraction of sp³-hybridized carbons (Fsp3) is 0.0769. The summed E-state index contributed by atoms with van der Waals surface area (Å²) in [5, 5.41) is 8.75. The SMILES string of the molecule is O=C(Cc1ccc(Br)cc1)c1c[nH]c(C(=O)O)c1. The first-order valence-corrected chi connectivity index (χ1v) is 6.05. The Morgan fingerprint density at radius 2 is 1.89 bits per heavy atom. The van der Waals surface area contributed by atoms with Crippen LogP contribution >= 0.6 is 15.9 Å². The van der Waals surface area contributed by atoms with Crippen LogP contribution in [0.25, 0.3) is 0 Å². The number of halogens is 1. The lowest BCUT2D eigenvalue weighted by atomic mass is 10.1. The number of carbonyl (C=O) groups is 2. The molecule has 18 heavy (non-hydrogen) atoms. The van der Waals surface area contributed by atoms with E-state index in [4.69, 9.17) is 5.11 Å². The third-order valence-corrected chi connectivity index (χ3v) is 3.04. The molecule has 0 aliphatic carbocycles. The van der Waals surface area contributed by atoms with Crippen LogP contribution in [-0.4, -0.2) is 21.8 Å². The van der Waals surface area contributed by atoms with Crippen LogP contribution in [0.15, 0.2) is 41.0 Å². The molecule has 0 saturated heterocycles. The summed E-state index contributed by atoms with van der Waals surface area (Å²) in [5.41, 5.74) is 1.30. The highest BCUT2D eigenvalue weighted by Crippen LogP contribution is 2.13. The van der Waals surface area contributed by atoms with Crippen LogP contribution in [-0.2, 0) is 6.42 Å². The molecule has 1 aromatic heterocycles. The van der Waals surface area contributed by atoms with Gasteiger partial charge in [0.05, 0.1) is 0 Å². The second-order valence-corrected chi connectivity index (χ2v) is 4.75. The topological polar surface area (TPSA) is 70.2 Å². The Hall–Kier alpha value is -1.88. The number of H-pyrrole nitrogens is 1. The molecule has 0 aliphatic rings. The number of aromatic amines is 1. The van der Waals surface area contributed by atoms with Gasteiger partial charge in [-0.2, -0.15) is 0 Å². The van der Waals surface area contributed by atoms with Crippen molar-refractivity contribution in [1.82, 2.24) is 4.98 Å². The van der Waals surface area contributed by atoms with Crippen molar-refractivity contribution in [2.75, 3.05) is 0 Å². The molecule has 1 aromatic carbocycles. The number of ketones is 1. The number of hydrogen-bond donors (Lipinski definition) is 2. The summed E-state index contributed by atoms with van der Waals surface area (Å²) < 4.78 is 0.952. The molecule has 92 valence electrons. The number of benzene rings is 1. The molecule has 0 amide bonds. The second kappa shape index (κ2) is 5.18. The largest absolute Gasteiger partial charge is 0.477 e. The molecule has 0 spiro atoms. The van der Waals surface area contributed by atoms with Crippen LogP contribution < -0.4 is 0 Å². The highest BCUT2D eigenvalue weighted by molar-refractivity contribution is 9.10. The van der Waals surface area contributed by atoms with Crippen LogP contribution in [0.5, 0.6) is 0 Å². The molecule has 2 aromatic rings. The van der Waals surface area contributed by atoms with Gasteiger partial charge in [0.25, 0.3) is 0 Å². The maximum absolute atomic E-state index is 11.9. The lowest BCUT2D eigenvalue weighted by molar-refractivity contribution is 0.0691.